The van der Waals surface area contributed by atoms with Gasteiger partial charge in [0.2, 0.25) is 0 Å². The first-order chi connectivity index (χ1) is 13.6. The molecule has 2 heterocycles. The number of carbonyl (C=O) groups excluding carboxylic acids is 1. The Kier molecular flexibility index (Phi) is 5.18. The maximum Gasteiger partial charge on any atom is 0.253 e. The smallest absolute Gasteiger partial charge is 0.253 e. The van der Waals surface area contributed by atoms with Crippen molar-refractivity contribution in [2.45, 2.75) is 38.0 Å². The Balaban J connectivity index is 1.75. The molecule has 0 radical (unpaired) electrons. The number of rotatable bonds is 5. The first-order valence-corrected chi connectivity index (χ1v) is 9.77. The van der Waals surface area contributed by atoms with Crippen LogP contribution in [0, 0.1) is 11.7 Å². The first kappa shape index (κ1) is 18.7. The number of hydrogen-bond acceptors (Lipinski definition) is 3. The minimum Gasteiger partial charge on any atom is -0.384 e. The average molecular weight is 380 g/mol. The number of methoxy groups -OCH3 is 1. The molecule has 0 aliphatic carbocycles. The summed E-state index contributed by atoms with van der Waals surface area (Å²) in [6.07, 6.45) is 5.56. The van der Waals surface area contributed by atoms with Crippen LogP contribution in [-0.2, 0) is 4.74 Å². The van der Waals surface area contributed by atoms with E-state index in [1.54, 1.807) is 7.11 Å². The van der Waals surface area contributed by atoms with E-state index in [0.29, 0.717) is 5.56 Å². The molecule has 4 nitrogen and oxygen atoms in total. The van der Waals surface area contributed by atoms with Gasteiger partial charge in [0.05, 0.1) is 6.04 Å². The van der Waals surface area contributed by atoms with Crippen molar-refractivity contribution in [2.75, 3.05) is 7.11 Å². The van der Waals surface area contributed by atoms with Crippen molar-refractivity contribution >= 4 is 5.91 Å². The molecule has 2 aliphatic rings. The van der Waals surface area contributed by atoms with Gasteiger partial charge in [0.1, 0.15) is 5.82 Å². The number of fused-ring (bicyclic) bond motifs is 1. The standard InChI is InChI=1S/C23H25FN2O2/c1-3-16(17-6-4-7-19-20(17)23(28-2)26-22(19)27)18-8-5-13-25-21(18)14-9-11-15(24)12-10-14/h4-7,9-13,16,18,21,23,25H,3,8H2,1-2H3,(H,26,27). The number of amides is 1. The molecule has 2 N–H and O–H groups in total. The number of allylic oxidation sites excluding steroid dienone is 1. The Morgan fingerprint density at radius 3 is 2.71 bits per heavy atom. The van der Waals surface area contributed by atoms with Gasteiger partial charge in [-0.05, 0) is 60.2 Å². The normalized spacial score (nSPS) is 24.4. The summed E-state index contributed by atoms with van der Waals surface area (Å²) in [6, 6.07) is 12.7. The van der Waals surface area contributed by atoms with Crippen LogP contribution >= 0.6 is 0 Å². The number of ether oxygens (including phenoxy) is 1. The van der Waals surface area contributed by atoms with E-state index in [4.69, 9.17) is 4.74 Å². The molecule has 0 saturated heterocycles. The van der Waals surface area contributed by atoms with Gasteiger partial charge >= 0.3 is 0 Å². The average Bonchev–Trinajstić information content (AvgIpc) is 3.06. The second-order valence-corrected chi connectivity index (χ2v) is 7.41. The van der Waals surface area contributed by atoms with E-state index >= 15 is 0 Å². The summed E-state index contributed by atoms with van der Waals surface area (Å²) in [5.41, 5.74) is 3.87. The Hall–Kier alpha value is -2.66. The largest absolute Gasteiger partial charge is 0.384 e. The summed E-state index contributed by atoms with van der Waals surface area (Å²) in [7, 11) is 1.62. The highest BCUT2D eigenvalue weighted by molar-refractivity contribution is 5.99. The lowest BCUT2D eigenvalue weighted by Gasteiger charge is -2.37. The Morgan fingerprint density at radius 2 is 2.00 bits per heavy atom. The molecule has 0 bridgehead atoms. The minimum absolute atomic E-state index is 0.0810. The predicted octanol–water partition coefficient (Wildman–Crippen LogP) is 4.57. The van der Waals surface area contributed by atoms with Crippen LogP contribution in [0.4, 0.5) is 4.39 Å². The zero-order valence-corrected chi connectivity index (χ0v) is 16.1. The summed E-state index contributed by atoms with van der Waals surface area (Å²) in [4.78, 5) is 12.3. The molecule has 5 heteroatoms. The maximum atomic E-state index is 13.4. The molecule has 4 atom stereocenters. The third-order valence-electron chi connectivity index (χ3n) is 5.96. The SMILES string of the molecule is CCC(c1cccc2c1C(OC)NC2=O)C1CC=CNC1c1ccc(F)cc1. The summed E-state index contributed by atoms with van der Waals surface area (Å²) < 4.78 is 19.0. The van der Waals surface area contributed by atoms with Crippen molar-refractivity contribution < 1.29 is 13.9 Å². The summed E-state index contributed by atoms with van der Waals surface area (Å²) in [6.45, 7) is 2.18. The highest BCUT2D eigenvalue weighted by atomic mass is 19.1. The molecule has 0 aromatic heterocycles. The van der Waals surface area contributed by atoms with Crippen LogP contribution < -0.4 is 10.6 Å². The van der Waals surface area contributed by atoms with E-state index < -0.39 is 6.23 Å². The Labute approximate surface area is 164 Å². The number of halogens is 1. The molecule has 0 fully saturated rings. The van der Waals surface area contributed by atoms with Crippen molar-refractivity contribution in [3.63, 3.8) is 0 Å². The predicted molar refractivity (Wildman–Crippen MR) is 106 cm³/mol. The highest BCUT2D eigenvalue weighted by Gasteiger charge is 2.37. The molecule has 0 spiro atoms. The van der Waals surface area contributed by atoms with E-state index in [2.05, 4.69) is 29.7 Å². The molecule has 0 saturated carbocycles. The summed E-state index contributed by atoms with van der Waals surface area (Å²) >= 11 is 0. The van der Waals surface area contributed by atoms with Crippen LogP contribution in [0.2, 0.25) is 0 Å². The Morgan fingerprint density at radius 1 is 1.21 bits per heavy atom. The topological polar surface area (TPSA) is 50.4 Å². The first-order valence-electron chi connectivity index (χ1n) is 9.77. The van der Waals surface area contributed by atoms with Crippen LogP contribution in [0.1, 0.15) is 65.0 Å². The van der Waals surface area contributed by atoms with E-state index in [1.807, 2.05) is 30.5 Å². The highest BCUT2D eigenvalue weighted by Crippen LogP contribution is 2.44. The Bertz CT molecular complexity index is 894. The second kappa shape index (κ2) is 7.76. The fourth-order valence-corrected chi connectivity index (χ4v) is 4.66. The van der Waals surface area contributed by atoms with Crippen molar-refractivity contribution in [3.05, 3.63) is 82.8 Å². The van der Waals surface area contributed by atoms with Gasteiger partial charge in [0.25, 0.3) is 5.91 Å². The molecule has 28 heavy (non-hydrogen) atoms. The van der Waals surface area contributed by atoms with Gasteiger partial charge in [-0.3, -0.25) is 4.79 Å². The van der Waals surface area contributed by atoms with E-state index in [-0.39, 0.29) is 29.6 Å². The summed E-state index contributed by atoms with van der Waals surface area (Å²) in [5, 5.41) is 6.38. The van der Waals surface area contributed by atoms with E-state index in [0.717, 1.165) is 29.5 Å². The fraction of sp³-hybridized carbons (Fsp3) is 0.348. The monoisotopic (exact) mass is 380 g/mol. The van der Waals surface area contributed by atoms with Crippen molar-refractivity contribution in [2.24, 2.45) is 5.92 Å². The third kappa shape index (κ3) is 3.20. The second-order valence-electron chi connectivity index (χ2n) is 7.41. The van der Waals surface area contributed by atoms with Crippen LogP contribution in [-0.4, -0.2) is 13.0 Å². The zero-order valence-electron chi connectivity index (χ0n) is 16.1. The minimum atomic E-state index is -0.413. The molecule has 1 amide bonds. The number of carbonyl (C=O) groups is 1. The summed E-state index contributed by atoms with van der Waals surface area (Å²) in [5.74, 6) is 0.190. The lowest BCUT2D eigenvalue weighted by molar-refractivity contribution is 0.0660. The quantitative estimate of drug-likeness (QED) is 0.799. The fourth-order valence-electron chi connectivity index (χ4n) is 4.66. The van der Waals surface area contributed by atoms with Crippen molar-refractivity contribution in [1.29, 1.82) is 0 Å². The number of benzene rings is 2. The lowest BCUT2D eigenvalue weighted by Crippen LogP contribution is -2.32. The lowest BCUT2D eigenvalue weighted by atomic mass is 9.73. The number of nitrogens with one attached hydrogen (secondary N) is 2. The van der Waals surface area contributed by atoms with Gasteiger partial charge in [-0.2, -0.15) is 0 Å². The molecular formula is C23H25FN2O2. The van der Waals surface area contributed by atoms with Crippen molar-refractivity contribution in [3.8, 4) is 0 Å². The van der Waals surface area contributed by atoms with E-state index in [9.17, 15) is 9.18 Å². The van der Waals surface area contributed by atoms with Gasteiger partial charge in [0, 0.05) is 18.2 Å². The molecule has 2 aromatic carbocycles. The molecule has 2 aliphatic heterocycles. The van der Waals surface area contributed by atoms with Crippen LogP contribution in [0.5, 0.6) is 0 Å². The van der Waals surface area contributed by atoms with Crippen molar-refractivity contribution in [1.82, 2.24) is 10.6 Å². The third-order valence-corrected chi connectivity index (χ3v) is 5.96. The van der Waals surface area contributed by atoms with Gasteiger partial charge in [-0.25, -0.2) is 4.39 Å². The molecule has 4 unspecified atom stereocenters. The van der Waals surface area contributed by atoms with Crippen LogP contribution in [0.3, 0.4) is 0 Å². The zero-order chi connectivity index (χ0) is 19.7. The van der Waals surface area contributed by atoms with Crippen LogP contribution in [0.25, 0.3) is 0 Å². The number of hydrogen-bond donors (Lipinski definition) is 2. The maximum absolute atomic E-state index is 13.4. The van der Waals surface area contributed by atoms with Gasteiger partial charge in [-0.15, -0.1) is 0 Å². The van der Waals surface area contributed by atoms with E-state index in [1.165, 1.54) is 12.1 Å². The van der Waals surface area contributed by atoms with Gasteiger partial charge in [-0.1, -0.05) is 37.3 Å². The van der Waals surface area contributed by atoms with Crippen LogP contribution in [0.15, 0.2) is 54.7 Å². The molecule has 2 aromatic rings. The van der Waals surface area contributed by atoms with Gasteiger partial charge < -0.3 is 15.4 Å². The molecule has 4 rings (SSSR count). The molecular weight excluding hydrogens is 355 g/mol. The van der Waals surface area contributed by atoms with Gasteiger partial charge in [0.15, 0.2) is 6.23 Å². The molecule has 146 valence electrons.